The summed E-state index contributed by atoms with van der Waals surface area (Å²) < 4.78 is 34.8. The van der Waals surface area contributed by atoms with Crippen LogP contribution in [0.1, 0.15) is 11.3 Å². The Kier molecular flexibility index (Phi) is 3.30. The molecule has 0 atom stereocenters. The van der Waals surface area contributed by atoms with Crippen LogP contribution in [-0.4, -0.2) is 24.8 Å². The van der Waals surface area contributed by atoms with Crippen LogP contribution in [0.2, 0.25) is 0 Å². The monoisotopic (exact) mass is 327 g/mol. The zero-order chi connectivity index (χ0) is 16.7. The van der Waals surface area contributed by atoms with Crippen LogP contribution in [0.5, 0.6) is 0 Å². The Labute approximate surface area is 134 Å². The Morgan fingerprint density at radius 3 is 2.67 bits per heavy atom. The van der Waals surface area contributed by atoms with Gasteiger partial charge < -0.3 is 4.57 Å². The van der Waals surface area contributed by atoms with Crippen molar-refractivity contribution in [3.05, 3.63) is 59.6 Å². The zero-order valence-electron chi connectivity index (χ0n) is 12.6. The van der Waals surface area contributed by atoms with Gasteiger partial charge in [-0.05, 0) is 35.8 Å². The maximum atomic E-state index is 14.4. The molecule has 0 amide bonds. The molecule has 4 rings (SSSR count). The minimum Gasteiger partial charge on any atom is -0.315 e. The quantitative estimate of drug-likeness (QED) is 0.578. The van der Waals surface area contributed by atoms with Crippen molar-refractivity contribution in [2.75, 3.05) is 0 Å². The van der Waals surface area contributed by atoms with E-state index >= 15 is 0 Å². The Balaban J connectivity index is 2.01. The van der Waals surface area contributed by atoms with Crippen molar-refractivity contribution in [2.24, 2.45) is 0 Å². The fourth-order valence-corrected chi connectivity index (χ4v) is 2.61. The van der Waals surface area contributed by atoms with Crippen LogP contribution in [0.25, 0.3) is 22.6 Å². The van der Waals surface area contributed by atoms with Gasteiger partial charge in [0.05, 0.1) is 6.54 Å². The number of fused-ring (bicyclic) bond motifs is 1. The van der Waals surface area contributed by atoms with Crippen LogP contribution >= 0.6 is 0 Å². The number of pyridine rings is 1. The molecule has 0 aliphatic heterocycles. The van der Waals surface area contributed by atoms with Crippen molar-refractivity contribution in [2.45, 2.75) is 13.5 Å². The van der Waals surface area contributed by atoms with Crippen molar-refractivity contribution < 1.29 is 13.4 Å². The average molecular weight is 327 g/mol. The summed E-state index contributed by atoms with van der Waals surface area (Å²) >= 11 is 0. The molecule has 0 N–H and O–H groups in total. The van der Waals surface area contributed by atoms with Crippen molar-refractivity contribution in [3.63, 3.8) is 0 Å². The summed E-state index contributed by atoms with van der Waals surface area (Å²) in [5, 5.41) is 7.53. The summed E-state index contributed by atoms with van der Waals surface area (Å²) in [6.45, 7) is 1.94. The van der Waals surface area contributed by atoms with E-state index in [-0.39, 0.29) is 23.4 Å². The standard InChI is InChI=1S/C16H11F2N5O/c1-9-13(22-24-21-9)16-20-14-11(17)4-5-12(18)15(14)23(16)8-10-3-2-6-19-7-10/h2-7H,8H2,1H3. The van der Waals surface area contributed by atoms with E-state index in [0.717, 1.165) is 17.7 Å². The molecule has 8 heteroatoms. The molecule has 0 saturated heterocycles. The van der Waals surface area contributed by atoms with Gasteiger partial charge in [-0.3, -0.25) is 4.98 Å². The van der Waals surface area contributed by atoms with Crippen LogP contribution < -0.4 is 0 Å². The lowest BCUT2D eigenvalue weighted by molar-refractivity contribution is 0.305. The van der Waals surface area contributed by atoms with Gasteiger partial charge in [0.1, 0.15) is 22.5 Å². The number of imidazole rings is 1. The second kappa shape index (κ2) is 5.48. The first-order valence-electron chi connectivity index (χ1n) is 7.18. The number of benzene rings is 1. The molecule has 0 aliphatic rings. The molecule has 3 heterocycles. The summed E-state index contributed by atoms with van der Waals surface area (Å²) in [6, 6.07) is 5.75. The molecule has 3 aromatic heterocycles. The number of hydrogen-bond donors (Lipinski definition) is 0. The second-order valence-corrected chi connectivity index (χ2v) is 5.31. The van der Waals surface area contributed by atoms with E-state index in [0.29, 0.717) is 11.4 Å². The smallest absolute Gasteiger partial charge is 0.173 e. The fraction of sp³-hybridized carbons (Fsp3) is 0.125. The van der Waals surface area contributed by atoms with Crippen molar-refractivity contribution >= 4 is 11.0 Å². The number of aromatic nitrogens is 5. The number of aryl methyl sites for hydroxylation is 1. The van der Waals surface area contributed by atoms with E-state index in [9.17, 15) is 8.78 Å². The predicted octanol–water partition coefficient (Wildman–Crippen LogP) is 3.12. The number of hydrogen-bond acceptors (Lipinski definition) is 5. The van der Waals surface area contributed by atoms with Crippen LogP contribution in [0, 0.1) is 18.6 Å². The first-order chi connectivity index (χ1) is 11.6. The maximum Gasteiger partial charge on any atom is 0.173 e. The summed E-state index contributed by atoms with van der Waals surface area (Å²) in [6.07, 6.45) is 3.29. The van der Waals surface area contributed by atoms with Crippen molar-refractivity contribution in [1.29, 1.82) is 0 Å². The topological polar surface area (TPSA) is 69.6 Å². The third kappa shape index (κ3) is 2.23. The van der Waals surface area contributed by atoms with E-state index < -0.39 is 11.6 Å². The number of halogens is 2. The highest BCUT2D eigenvalue weighted by molar-refractivity contribution is 5.81. The Bertz CT molecular complexity index is 1030. The van der Waals surface area contributed by atoms with Gasteiger partial charge in [-0.2, -0.15) is 0 Å². The van der Waals surface area contributed by atoms with Gasteiger partial charge in [-0.1, -0.05) is 11.2 Å². The molecular weight excluding hydrogens is 316 g/mol. The molecule has 0 saturated carbocycles. The lowest BCUT2D eigenvalue weighted by atomic mass is 10.2. The van der Waals surface area contributed by atoms with Gasteiger partial charge >= 0.3 is 0 Å². The molecule has 0 unspecified atom stereocenters. The zero-order valence-corrected chi connectivity index (χ0v) is 12.6. The van der Waals surface area contributed by atoms with Gasteiger partial charge in [0.2, 0.25) is 0 Å². The largest absolute Gasteiger partial charge is 0.315 e. The first kappa shape index (κ1) is 14.4. The van der Waals surface area contributed by atoms with E-state index in [1.807, 2.05) is 6.07 Å². The fourth-order valence-electron chi connectivity index (χ4n) is 2.61. The molecule has 0 fully saturated rings. The summed E-state index contributed by atoms with van der Waals surface area (Å²) in [5.41, 5.74) is 1.65. The summed E-state index contributed by atoms with van der Waals surface area (Å²) in [5.74, 6) is -0.883. The van der Waals surface area contributed by atoms with E-state index in [1.165, 1.54) is 0 Å². The Morgan fingerprint density at radius 1 is 1.12 bits per heavy atom. The van der Waals surface area contributed by atoms with Crippen molar-refractivity contribution in [3.8, 4) is 11.5 Å². The molecule has 120 valence electrons. The minimum absolute atomic E-state index is 0.0590. The van der Waals surface area contributed by atoms with E-state index in [2.05, 4.69) is 20.3 Å². The van der Waals surface area contributed by atoms with Crippen molar-refractivity contribution in [1.82, 2.24) is 24.8 Å². The lowest BCUT2D eigenvalue weighted by Crippen LogP contribution is -2.04. The molecule has 24 heavy (non-hydrogen) atoms. The SMILES string of the molecule is Cc1nonc1-c1nc2c(F)ccc(F)c2n1Cc1cccnc1. The second-order valence-electron chi connectivity index (χ2n) is 5.31. The van der Waals surface area contributed by atoms with Gasteiger partial charge in [-0.15, -0.1) is 0 Å². The number of rotatable bonds is 3. The molecule has 6 nitrogen and oxygen atoms in total. The van der Waals surface area contributed by atoms with E-state index in [4.69, 9.17) is 4.63 Å². The lowest BCUT2D eigenvalue weighted by Gasteiger charge is -2.08. The molecule has 0 radical (unpaired) electrons. The molecule has 0 spiro atoms. The summed E-state index contributed by atoms with van der Waals surface area (Å²) in [4.78, 5) is 8.28. The van der Waals surface area contributed by atoms with Gasteiger partial charge in [0.25, 0.3) is 0 Å². The first-order valence-corrected chi connectivity index (χ1v) is 7.18. The highest BCUT2D eigenvalue weighted by atomic mass is 19.1. The van der Waals surface area contributed by atoms with E-state index in [1.54, 1.807) is 30.0 Å². The summed E-state index contributed by atoms with van der Waals surface area (Å²) in [7, 11) is 0. The van der Waals surface area contributed by atoms with Crippen LogP contribution in [-0.2, 0) is 6.54 Å². The van der Waals surface area contributed by atoms with Crippen LogP contribution in [0.3, 0.4) is 0 Å². The molecule has 0 bridgehead atoms. The normalized spacial score (nSPS) is 11.3. The van der Waals surface area contributed by atoms with Gasteiger partial charge in [0, 0.05) is 12.4 Å². The van der Waals surface area contributed by atoms with Gasteiger partial charge in [-0.25, -0.2) is 18.4 Å². The highest BCUT2D eigenvalue weighted by Gasteiger charge is 2.22. The predicted molar refractivity (Wildman–Crippen MR) is 81.0 cm³/mol. The molecular formula is C16H11F2N5O. The maximum absolute atomic E-state index is 14.4. The highest BCUT2D eigenvalue weighted by Crippen LogP contribution is 2.29. The molecule has 1 aromatic carbocycles. The Morgan fingerprint density at radius 2 is 1.96 bits per heavy atom. The third-order valence-electron chi connectivity index (χ3n) is 3.72. The minimum atomic E-state index is -0.605. The molecule has 0 aliphatic carbocycles. The van der Waals surface area contributed by atoms with Gasteiger partial charge in [0.15, 0.2) is 17.3 Å². The average Bonchev–Trinajstić information content (AvgIpc) is 3.16. The Hall–Kier alpha value is -3.16. The molecule has 4 aromatic rings. The van der Waals surface area contributed by atoms with Crippen LogP contribution in [0.4, 0.5) is 8.78 Å². The third-order valence-corrected chi connectivity index (χ3v) is 3.72. The number of nitrogens with zero attached hydrogens (tertiary/aromatic N) is 5. The van der Waals surface area contributed by atoms with Crippen LogP contribution in [0.15, 0.2) is 41.3 Å².